The van der Waals surface area contributed by atoms with Crippen LogP contribution in [0.5, 0.6) is 5.75 Å². The van der Waals surface area contributed by atoms with Gasteiger partial charge in [-0.05, 0) is 32.9 Å². The molecule has 0 saturated carbocycles. The molecular formula is C14H17N3O3S. The van der Waals surface area contributed by atoms with Crippen molar-refractivity contribution in [2.24, 2.45) is 0 Å². The van der Waals surface area contributed by atoms with Crippen LogP contribution >= 0.6 is 11.3 Å². The molecule has 0 saturated heterocycles. The lowest BCUT2D eigenvalue weighted by Crippen LogP contribution is -2.09. The molecule has 21 heavy (non-hydrogen) atoms. The number of thiazole rings is 1. The van der Waals surface area contributed by atoms with Crippen LogP contribution in [0.3, 0.4) is 0 Å². The highest BCUT2D eigenvalue weighted by Gasteiger charge is 2.21. The maximum absolute atomic E-state index is 11.3. The van der Waals surface area contributed by atoms with Crippen LogP contribution < -0.4 is 10.1 Å². The number of aromatic nitrogens is 1. The number of nitro benzene ring substituents is 1. The highest BCUT2D eigenvalue weighted by Crippen LogP contribution is 2.35. The third-order valence-corrected chi connectivity index (χ3v) is 3.56. The summed E-state index contributed by atoms with van der Waals surface area (Å²) in [5, 5.41) is 15.3. The number of rotatable bonds is 6. The minimum atomic E-state index is -0.423. The van der Waals surface area contributed by atoms with E-state index in [4.69, 9.17) is 4.74 Å². The van der Waals surface area contributed by atoms with Crippen LogP contribution in [-0.4, -0.2) is 16.0 Å². The lowest BCUT2D eigenvalue weighted by Gasteiger charge is -2.12. The van der Waals surface area contributed by atoms with Crippen molar-refractivity contribution in [3.8, 4) is 5.75 Å². The number of nitrogens with zero attached hydrogens (tertiary/aromatic N) is 2. The zero-order valence-corrected chi connectivity index (χ0v) is 12.9. The lowest BCUT2D eigenvalue weighted by molar-refractivity contribution is -0.385. The largest absolute Gasteiger partial charge is 0.484 e. The van der Waals surface area contributed by atoms with E-state index >= 15 is 0 Å². The van der Waals surface area contributed by atoms with E-state index in [-0.39, 0.29) is 17.5 Å². The van der Waals surface area contributed by atoms with Crippen molar-refractivity contribution in [1.29, 1.82) is 0 Å². The predicted octanol–water partition coefficient (Wildman–Crippen LogP) is 3.76. The molecule has 0 unspecified atom stereocenters. The van der Waals surface area contributed by atoms with Crippen molar-refractivity contribution in [2.45, 2.75) is 33.4 Å². The predicted molar refractivity (Wildman–Crippen MR) is 83.0 cm³/mol. The first-order valence-electron chi connectivity index (χ1n) is 6.56. The first kappa shape index (κ1) is 15.2. The normalized spacial score (nSPS) is 10.7. The Kier molecular flexibility index (Phi) is 4.74. The fourth-order valence-electron chi connectivity index (χ4n) is 1.86. The highest BCUT2D eigenvalue weighted by atomic mass is 32.1. The van der Waals surface area contributed by atoms with E-state index in [9.17, 15) is 10.1 Å². The van der Waals surface area contributed by atoms with E-state index in [2.05, 4.69) is 10.3 Å². The van der Waals surface area contributed by atoms with E-state index < -0.39 is 4.92 Å². The van der Waals surface area contributed by atoms with Gasteiger partial charge in [-0.25, -0.2) is 4.98 Å². The Hall–Kier alpha value is -2.15. The number of benzene rings is 1. The summed E-state index contributed by atoms with van der Waals surface area (Å²) in [6.07, 6.45) is 1.66. The van der Waals surface area contributed by atoms with Crippen molar-refractivity contribution < 1.29 is 9.66 Å². The summed E-state index contributed by atoms with van der Waals surface area (Å²) in [6.45, 7) is 6.09. The average Bonchev–Trinajstić information content (AvgIpc) is 2.81. The van der Waals surface area contributed by atoms with E-state index in [0.29, 0.717) is 12.2 Å². The van der Waals surface area contributed by atoms with Crippen LogP contribution in [0.4, 0.5) is 11.4 Å². The molecule has 7 heteroatoms. The zero-order chi connectivity index (χ0) is 15.4. The Morgan fingerprint density at radius 3 is 2.81 bits per heavy atom. The summed E-state index contributed by atoms with van der Waals surface area (Å²) in [4.78, 5) is 16.2. The second-order valence-electron chi connectivity index (χ2n) is 4.79. The molecule has 6 nitrogen and oxygen atoms in total. The van der Waals surface area contributed by atoms with Crippen LogP contribution in [0.15, 0.2) is 24.4 Å². The molecule has 0 bridgehead atoms. The van der Waals surface area contributed by atoms with E-state index in [1.54, 1.807) is 35.7 Å². The number of aryl methyl sites for hydroxylation is 1. The van der Waals surface area contributed by atoms with Gasteiger partial charge in [0.2, 0.25) is 0 Å². The van der Waals surface area contributed by atoms with Crippen LogP contribution in [0.25, 0.3) is 0 Å². The summed E-state index contributed by atoms with van der Waals surface area (Å²) in [6, 6.07) is 5.02. The van der Waals surface area contributed by atoms with Crippen molar-refractivity contribution in [2.75, 3.05) is 5.32 Å². The summed E-state index contributed by atoms with van der Waals surface area (Å²) in [7, 11) is 0. The standard InChI is InChI=1S/C14H17N3O3S/c1-9(2)20-12-6-4-5-11(14(12)17(18)19)15-8-13-16-7-10(3)21-13/h4-7,9,15H,8H2,1-3H3. The van der Waals surface area contributed by atoms with Crippen LogP contribution in [0, 0.1) is 17.0 Å². The zero-order valence-electron chi connectivity index (χ0n) is 12.1. The molecular weight excluding hydrogens is 290 g/mol. The van der Waals surface area contributed by atoms with E-state index in [0.717, 1.165) is 9.88 Å². The van der Waals surface area contributed by atoms with E-state index in [1.807, 2.05) is 20.8 Å². The number of ether oxygens (including phenoxy) is 1. The maximum Gasteiger partial charge on any atom is 0.333 e. The number of hydrogen-bond donors (Lipinski definition) is 1. The molecule has 0 radical (unpaired) electrons. The molecule has 1 aromatic carbocycles. The number of anilines is 1. The van der Waals surface area contributed by atoms with Gasteiger partial charge in [0.05, 0.1) is 17.6 Å². The molecule has 1 N–H and O–H groups in total. The van der Waals surface area contributed by atoms with Crippen molar-refractivity contribution in [3.63, 3.8) is 0 Å². The molecule has 1 heterocycles. The molecule has 0 fully saturated rings. The minimum Gasteiger partial charge on any atom is -0.484 e. The second-order valence-corrected chi connectivity index (χ2v) is 6.11. The van der Waals surface area contributed by atoms with Crippen molar-refractivity contribution in [3.05, 3.63) is 44.4 Å². The Labute approximate surface area is 126 Å². The van der Waals surface area contributed by atoms with E-state index in [1.165, 1.54) is 0 Å². The average molecular weight is 307 g/mol. The topological polar surface area (TPSA) is 77.3 Å². The van der Waals surface area contributed by atoms with Gasteiger partial charge >= 0.3 is 5.69 Å². The van der Waals surface area contributed by atoms with Gasteiger partial charge in [0, 0.05) is 11.1 Å². The molecule has 112 valence electrons. The first-order chi connectivity index (χ1) is 9.97. The fraction of sp³-hybridized carbons (Fsp3) is 0.357. The second kappa shape index (κ2) is 6.53. The van der Waals surface area contributed by atoms with Crippen LogP contribution in [0.2, 0.25) is 0 Å². The minimum absolute atomic E-state index is 0.0421. The molecule has 0 amide bonds. The summed E-state index contributed by atoms with van der Waals surface area (Å²) < 4.78 is 5.51. The molecule has 0 aliphatic heterocycles. The number of para-hydroxylation sites is 1. The van der Waals surface area contributed by atoms with Gasteiger partial charge < -0.3 is 10.1 Å². The molecule has 2 rings (SSSR count). The van der Waals surface area contributed by atoms with Crippen LogP contribution in [0.1, 0.15) is 23.7 Å². The summed E-state index contributed by atoms with van der Waals surface area (Å²) in [5.41, 5.74) is 0.394. The molecule has 0 aliphatic carbocycles. The van der Waals surface area contributed by atoms with Gasteiger partial charge in [0.15, 0.2) is 5.75 Å². The number of nitro groups is 1. The van der Waals surface area contributed by atoms with Gasteiger partial charge in [-0.15, -0.1) is 11.3 Å². The fourth-order valence-corrected chi connectivity index (χ4v) is 2.58. The third kappa shape index (κ3) is 3.91. The Morgan fingerprint density at radius 1 is 1.48 bits per heavy atom. The van der Waals surface area contributed by atoms with Crippen molar-refractivity contribution >= 4 is 22.7 Å². The Balaban J connectivity index is 2.23. The van der Waals surface area contributed by atoms with Gasteiger partial charge in [0.25, 0.3) is 0 Å². The Morgan fingerprint density at radius 2 is 2.24 bits per heavy atom. The molecule has 2 aromatic rings. The van der Waals surface area contributed by atoms with Crippen LogP contribution in [-0.2, 0) is 6.54 Å². The van der Waals surface area contributed by atoms with Crippen molar-refractivity contribution in [1.82, 2.24) is 4.98 Å². The van der Waals surface area contributed by atoms with Gasteiger partial charge in [-0.1, -0.05) is 6.07 Å². The van der Waals surface area contributed by atoms with Gasteiger partial charge in [-0.2, -0.15) is 0 Å². The number of hydrogen-bond acceptors (Lipinski definition) is 6. The van der Waals surface area contributed by atoms with Gasteiger partial charge in [-0.3, -0.25) is 10.1 Å². The third-order valence-electron chi connectivity index (χ3n) is 2.64. The Bertz CT molecular complexity index is 640. The first-order valence-corrected chi connectivity index (χ1v) is 7.38. The molecule has 0 atom stereocenters. The quantitative estimate of drug-likeness (QED) is 0.649. The monoisotopic (exact) mass is 307 g/mol. The van der Waals surface area contributed by atoms with Gasteiger partial charge in [0.1, 0.15) is 10.7 Å². The molecule has 0 aliphatic rings. The maximum atomic E-state index is 11.3. The summed E-state index contributed by atoms with van der Waals surface area (Å²) in [5.74, 6) is 0.273. The molecule has 0 spiro atoms. The lowest BCUT2D eigenvalue weighted by atomic mass is 10.2. The molecule has 1 aromatic heterocycles. The SMILES string of the molecule is Cc1cnc(CNc2cccc(OC(C)C)c2[N+](=O)[O-])s1. The smallest absolute Gasteiger partial charge is 0.333 e. The highest BCUT2D eigenvalue weighted by molar-refractivity contribution is 7.11. The number of nitrogens with one attached hydrogen (secondary N) is 1. The summed E-state index contributed by atoms with van der Waals surface area (Å²) >= 11 is 1.56.